The number of fused-ring (bicyclic) bond motifs is 2. The predicted molar refractivity (Wildman–Crippen MR) is 164 cm³/mol. The summed E-state index contributed by atoms with van der Waals surface area (Å²) < 4.78 is 16.6. The molecule has 0 spiro atoms. The number of phenols is 1. The number of anilines is 1. The van der Waals surface area contributed by atoms with Crippen molar-refractivity contribution in [1.29, 1.82) is 0 Å². The number of phenolic OH excluding ortho intramolecular Hbond substituents is 1. The quantitative estimate of drug-likeness (QED) is 0.155. The Bertz CT molecular complexity index is 1740. The van der Waals surface area contributed by atoms with Crippen LogP contribution in [0.4, 0.5) is 5.69 Å². The molecule has 0 aromatic heterocycles. The lowest BCUT2D eigenvalue weighted by atomic mass is 9.90. The van der Waals surface area contributed by atoms with Crippen LogP contribution in [0.3, 0.4) is 0 Å². The molecule has 1 aliphatic carbocycles. The van der Waals surface area contributed by atoms with Crippen molar-refractivity contribution in [2.75, 3.05) is 38.8 Å². The van der Waals surface area contributed by atoms with Gasteiger partial charge in [0.2, 0.25) is 0 Å². The van der Waals surface area contributed by atoms with E-state index in [2.05, 4.69) is 17.1 Å². The minimum absolute atomic E-state index is 0.0723. The number of aromatic hydroxyl groups is 1. The van der Waals surface area contributed by atoms with Gasteiger partial charge in [-0.05, 0) is 73.5 Å². The van der Waals surface area contributed by atoms with Gasteiger partial charge >= 0.3 is 0 Å². The number of nitrogens with one attached hydrogen (secondary N) is 1. The Hall–Kier alpha value is -4.66. The van der Waals surface area contributed by atoms with Gasteiger partial charge in [-0.2, -0.15) is 0 Å². The molecule has 2 N–H and O–H groups in total. The van der Waals surface area contributed by atoms with E-state index in [0.29, 0.717) is 30.0 Å². The van der Waals surface area contributed by atoms with E-state index in [0.717, 1.165) is 45.4 Å². The van der Waals surface area contributed by atoms with E-state index in [1.165, 1.54) is 18.2 Å². The van der Waals surface area contributed by atoms with E-state index < -0.39 is 6.29 Å². The van der Waals surface area contributed by atoms with Crippen molar-refractivity contribution < 1.29 is 23.8 Å². The van der Waals surface area contributed by atoms with Crippen LogP contribution in [0.5, 0.6) is 5.75 Å². The zero-order valence-corrected chi connectivity index (χ0v) is 24.1. The van der Waals surface area contributed by atoms with Crippen LogP contribution in [0.25, 0.3) is 33.4 Å². The second-order valence-electron chi connectivity index (χ2n) is 10.1. The molecule has 216 valence electrons. The first-order chi connectivity index (χ1) is 20.3. The topological polar surface area (TPSA) is 101 Å². The van der Waals surface area contributed by atoms with Crippen LogP contribution >= 0.6 is 0 Å². The maximum atomic E-state index is 13.1. The lowest BCUT2D eigenvalue weighted by Crippen LogP contribution is -2.35. The number of carbonyl (C=O) groups is 1. The Balaban J connectivity index is 1.33. The summed E-state index contributed by atoms with van der Waals surface area (Å²) in [5.74, 6) is 0.352. The fraction of sp³-hybridized carbons (Fsp3) is 0.235. The average molecular weight is 567 g/mol. The molecule has 1 amide bonds. The molecule has 42 heavy (non-hydrogen) atoms. The Labute approximate surface area is 244 Å². The summed E-state index contributed by atoms with van der Waals surface area (Å²) in [6.45, 7) is 5.95. The number of amides is 1. The second-order valence-corrected chi connectivity index (χ2v) is 10.1. The highest BCUT2D eigenvalue weighted by Gasteiger charge is 2.20. The van der Waals surface area contributed by atoms with E-state index in [1.807, 2.05) is 43.3 Å². The largest absolute Gasteiger partial charge is 0.508 e. The van der Waals surface area contributed by atoms with Gasteiger partial charge in [-0.1, -0.05) is 18.2 Å². The molecule has 1 aliphatic heterocycles. The smallest absolute Gasteiger partial charge is 0.251 e. The van der Waals surface area contributed by atoms with Crippen molar-refractivity contribution >= 4 is 22.6 Å². The minimum Gasteiger partial charge on any atom is -0.508 e. The summed E-state index contributed by atoms with van der Waals surface area (Å²) in [7, 11) is 3.22. The number of likely N-dealkylation sites (N-methyl/N-ethyl adjacent to an activating group) is 1. The van der Waals surface area contributed by atoms with Crippen LogP contribution in [-0.2, 0) is 9.47 Å². The fourth-order valence-electron chi connectivity index (χ4n) is 5.32. The van der Waals surface area contributed by atoms with E-state index in [-0.39, 0.29) is 17.1 Å². The molecule has 0 bridgehead atoms. The Morgan fingerprint density at radius 3 is 2.38 bits per heavy atom. The van der Waals surface area contributed by atoms with Gasteiger partial charge in [0, 0.05) is 79.3 Å². The molecule has 8 nitrogen and oxygen atoms in total. The van der Waals surface area contributed by atoms with E-state index in [4.69, 9.17) is 13.9 Å². The number of carbonyl (C=O) groups excluding carboxylic acids is 1. The van der Waals surface area contributed by atoms with Crippen LogP contribution in [-0.4, -0.2) is 44.9 Å². The third-order valence-corrected chi connectivity index (χ3v) is 7.44. The number of aryl methyl sites for hydroxylation is 1. The predicted octanol–water partition coefficient (Wildman–Crippen LogP) is 6.13. The van der Waals surface area contributed by atoms with Gasteiger partial charge < -0.3 is 29.2 Å². The third kappa shape index (κ3) is 5.86. The van der Waals surface area contributed by atoms with Crippen LogP contribution in [0.1, 0.15) is 34.7 Å². The highest BCUT2D eigenvalue weighted by molar-refractivity contribution is 6.03. The number of benzene rings is 4. The summed E-state index contributed by atoms with van der Waals surface area (Å²) in [5.41, 5.74) is 6.31. The van der Waals surface area contributed by atoms with Crippen LogP contribution in [0.2, 0.25) is 0 Å². The normalized spacial score (nSPS) is 11.4. The van der Waals surface area contributed by atoms with Gasteiger partial charge in [0.25, 0.3) is 5.91 Å². The number of ether oxygens (including phenoxy) is 2. The van der Waals surface area contributed by atoms with Crippen LogP contribution < -0.4 is 15.6 Å². The molecule has 5 rings (SSSR count). The molecule has 0 saturated carbocycles. The average Bonchev–Trinajstić information content (AvgIpc) is 2.99. The first-order valence-electron chi connectivity index (χ1n) is 13.8. The number of nitrogens with zero attached hydrogens (tertiary/aromatic N) is 1. The van der Waals surface area contributed by atoms with Gasteiger partial charge in [0.15, 0.2) is 11.7 Å². The summed E-state index contributed by atoms with van der Waals surface area (Å²) in [5, 5.41) is 13.9. The van der Waals surface area contributed by atoms with Gasteiger partial charge in [0.05, 0.1) is 0 Å². The summed E-state index contributed by atoms with van der Waals surface area (Å²) in [6, 6.07) is 23.3. The van der Waals surface area contributed by atoms with Gasteiger partial charge in [-0.3, -0.25) is 9.59 Å². The molecule has 3 aromatic carbocycles. The standard InChI is InChI=1S/C34H34N2O6/c1-5-36(24-9-6-22(7-10-24)34(40-3)41-4)17-16-35-33(39)23-8-13-27(21(2)18-23)32-28-14-11-25(37)19-30(28)42-31-20-26(38)12-15-29(31)32/h6-15,18-20,34,37H,5,16-17H2,1-4H3,(H,35,39). The van der Waals surface area contributed by atoms with Crippen molar-refractivity contribution in [3.8, 4) is 28.2 Å². The highest BCUT2D eigenvalue weighted by atomic mass is 16.7. The Morgan fingerprint density at radius 1 is 0.952 bits per heavy atom. The van der Waals surface area contributed by atoms with Gasteiger partial charge in [-0.15, -0.1) is 0 Å². The lowest BCUT2D eigenvalue weighted by Gasteiger charge is -2.24. The number of hydrogen-bond acceptors (Lipinski definition) is 7. The Kier molecular flexibility index (Phi) is 8.56. The number of hydrogen-bond donors (Lipinski definition) is 2. The number of rotatable bonds is 10. The van der Waals surface area contributed by atoms with E-state index >= 15 is 0 Å². The molecule has 8 heteroatoms. The van der Waals surface area contributed by atoms with Gasteiger partial charge in [0.1, 0.15) is 17.1 Å². The van der Waals surface area contributed by atoms with Crippen molar-refractivity contribution in [2.45, 2.75) is 20.1 Å². The second kappa shape index (κ2) is 12.5. The fourth-order valence-corrected chi connectivity index (χ4v) is 5.32. The molecule has 0 saturated heterocycles. The lowest BCUT2D eigenvalue weighted by molar-refractivity contribution is -0.106. The summed E-state index contributed by atoms with van der Waals surface area (Å²) >= 11 is 0. The molecule has 0 fully saturated rings. The molecule has 0 radical (unpaired) electrons. The van der Waals surface area contributed by atoms with E-state index in [9.17, 15) is 14.7 Å². The zero-order valence-electron chi connectivity index (χ0n) is 24.1. The maximum absolute atomic E-state index is 13.1. The first kappa shape index (κ1) is 28.9. The Morgan fingerprint density at radius 2 is 1.69 bits per heavy atom. The van der Waals surface area contributed by atoms with Crippen molar-refractivity contribution in [3.63, 3.8) is 0 Å². The van der Waals surface area contributed by atoms with Gasteiger partial charge in [-0.25, -0.2) is 0 Å². The zero-order chi connectivity index (χ0) is 29.8. The van der Waals surface area contributed by atoms with Crippen molar-refractivity contribution in [2.24, 2.45) is 0 Å². The molecule has 3 aromatic rings. The van der Waals surface area contributed by atoms with Crippen molar-refractivity contribution in [1.82, 2.24) is 5.32 Å². The summed E-state index contributed by atoms with van der Waals surface area (Å²) in [4.78, 5) is 27.3. The van der Waals surface area contributed by atoms with Crippen molar-refractivity contribution in [3.05, 3.63) is 106 Å². The molecule has 0 unspecified atom stereocenters. The molecule has 2 aliphatic rings. The SMILES string of the molecule is CCN(CCNC(=O)c1ccc(-c2c3ccc(=O)cc-3oc3cc(O)ccc23)c(C)c1)c1ccc(C(OC)OC)cc1. The third-order valence-electron chi connectivity index (χ3n) is 7.44. The highest BCUT2D eigenvalue weighted by Crippen LogP contribution is 2.41. The van der Waals surface area contributed by atoms with Crippen LogP contribution in [0, 0.1) is 6.92 Å². The summed E-state index contributed by atoms with van der Waals surface area (Å²) in [6.07, 6.45) is -0.406. The molecule has 0 atom stereocenters. The van der Waals surface area contributed by atoms with E-state index in [1.54, 1.807) is 38.5 Å². The first-order valence-corrected chi connectivity index (χ1v) is 13.8. The van der Waals surface area contributed by atoms with Crippen LogP contribution in [0.15, 0.2) is 88.1 Å². The molecular weight excluding hydrogens is 532 g/mol. The maximum Gasteiger partial charge on any atom is 0.251 e. The monoisotopic (exact) mass is 566 g/mol. The minimum atomic E-state index is -0.406. The molecule has 1 heterocycles. The number of methoxy groups -OCH3 is 2. The molecular formula is C34H34N2O6.